The average molecular weight is 386 g/mol. The maximum atomic E-state index is 11.8. The predicted molar refractivity (Wildman–Crippen MR) is 106 cm³/mol. The second kappa shape index (κ2) is 6.16. The molecule has 152 valence electrons. The van der Waals surface area contributed by atoms with E-state index in [0.29, 0.717) is 29.2 Å². The molecule has 1 heterocycles. The Kier molecular flexibility index (Phi) is 4.22. The molecule has 0 aliphatic heterocycles. The van der Waals surface area contributed by atoms with Gasteiger partial charge in [0.05, 0.1) is 0 Å². The number of carbonyl (C=O) groups excluding carboxylic acids is 1. The number of aromatic hydroxyl groups is 2. The molecule has 2 aliphatic rings. The molecule has 1 aromatic heterocycles. The second-order valence-corrected chi connectivity index (χ2v) is 9.57. The number of phenols is 2. The highest BCUT2D eigenvalue weighted by Gasteiger charge is 2.52. The average Bonchev–Trinajstić information content (AvgIpc) is 2.92. The number of rotatable bonds is 1. The van der Waals surface area contributed by atoms with Crippen LogP contribution in [0.25, 0.3) is 11.0 Å². The molecule has 1 aromatic carbocycles. The molecule has 0 amide bonds. The Balaban J connectivity index is 2.05. The number of ether oxygens (including phenoxy) is 1. The first kappa shape index (κ1) is 19.2. The minimum absolute atomic E-state index is 0.142. The molecule has 2 aliphatic carbocycles. The fraction of sp³-hybridized carbons (Fsp3) is 0.609. The van der Waals surface area contributed by atoms with Crippen molar-refractivity contribution in [2.45, 2.75) is 78.2 Å². The lowest BCUT2D eigenvalue weighted by atomic mass is 9.53. The molecular weight excluding hydrogens is 356 g/mol. The van der Waals surface area contributed by atoms with Crippen molar-refractivity contribution in [2.24, 2.45) is 11.3 Å². The molecule has 5 heteroatoms. The highest BCUT2D eigenvalue weighted by molar-refractivity contribution is 5.90. The van der Waals surface area contributed by atoms with E-state index in [-0.39, 0.29) is 28.3 Å². The number of hydrogen-bond acceptors (Lipinski definition) is 5. The normalized spacial score (nSPS) is 29.0. The lowest BCUT2D eigenvalue weighted by molar-refractivity contribution is -0.148. The third-order valence-electron chi connectivity index (χ3n) is 7.31. The third-order valence-corrected chi connectivity index (χ3v) is 7.31. The molecule has 28 heavy (non-hydrogen) atoms. The van der Waals surface area contributed by atoms with Crippen LogP contribution >= 0.6 is 0 Å². The number of phenolic OH excluding ortho intramolecular Hbond substituents is 2. The number of fused-ring (bicyclic) bond motifs is 5. The molecule has 3 atom stereocenters. The maximum absolute atomic E-state index is 11.8. The van der Waals surface area contributed by atoms with Crippen LogP contribution in [0.3, 0.4) is 0 Å². The zero-order chi connectivity index (χ0) is 20.4. The quantitative estimate of drug-likeness (QED) is 0.490. The molecule has 0 saturated heterocycles. The maximum Gasteiger partial charge on any atom is 0.303 e. The Morgan fingerprint density at radius 3 is 2.61 bits per heavy atom. The van der Waals surface area contributed by atoms with E-state index in [9.17, 15) is 15.0 Å². The Morgan fingerprint density at radius 2 is 1.93 bits per heavy atom. The number of carbonyl (C=O) groups is 1. The van der Waals surface area contributed by atoms with E-state index >= 15 is 0 Å². The van der Waals surface area contributed by atoms with Gasteiger partial charge < -0.3 is 19.4 Å². The van der Waals surface area contributed by atoms with Gasteiger partial charge in [0, 0.05) is 28.9 Å². The molecule has 0 spiro atoms. The summed E-state index contributed by atoms with van der Waals surface area (Å²) in [5.74, 6) is 0.461. The zero-order valence-electron chi connectivity index (χ0n) is 17.4. The Bertz CT molecular complexity index is 954. The van der Waals surface area contributed by atoms with Gasteiger partial charge in [0.1, 0.15) is 11.3 Å². The molecule has 2 N–H and O–H groups in total. The van der Waals surface area contributed by atoms with Crippen molar-refractivity contribution in [2.75, 3.05) is 0 Å². The van der Waals surface area contributed by atoms with Crippen molar-refractivity contribution in [3.05, 3.63) is 23.0 Å². The second-order valence-electron chi connectivity index (χ2n) is 9.57. The van der Waals surface area contributed by atoms with Crippen LogP contribution in [0.2, 0.25) is 0 Å². The molecule has 0 radical (unpaired) electrons. The van der Waals surface area contributed by atoms with Gasteiger partial charge in [0.2, 0.25) is 0 Å². The van der Waals surface area contributed by atoms with Crippen LogP contribution in [-0.4, -0.2) is 16.2 Å². The first-order valence-corrected chi connectivity index (χ1v) is 10.2. The molecule has 1 fully saturated rings. The predicted octanol–water partition coefficient (Wildman–Crippen LogP) is 5.63. The first-order chi connectivity index (χ1) is 13.1. The number of aryl methyl sites for hydroxylation is 1. The van der Waals surface area contributed by atoms with Gasteiger partial charge in [0.15, 0.2) is 17.6 Å². The number of benzene rings is 1. The van der Waals surface area contributed by atoms with Crippen LogP contribution in [0.5, 0.6) is 11.5 Å². The van der Waals surface area contributed by atoms with Crippen LogP contribution in [0.4, 0.5) is 0 Å². The fourth-order valence-electron chi connectivity index (χ4n) is 6.09. The van der Waals surface area contributed by atoms with Crippen LogP contribution in [0.15, 0.2) is 10.5 Å². The van der Waals surface area contributed by atoms with Crippen LogP contribution in [0.1, 0.15) is 82.8 Å². The van der Waals surface area contributed by atoms with E-state index in [1.165, 1.54) is 13.3 Å². The van der Waals surface area contributed by atoms with Gasteiger partial charge in [-0.1, -0.05) is 27.2 Å². The van der Waals surface area contributed by atoms with Crippen molar-refractivity contribution < 1.29 is 24.2 Å². The Morgan fingerprint density at radius 1 is 1.21 bits per heavy atom. The van der Waals surface area contributed by atoms with Crippen LogP contribution < -0.4 is 0 Å². The fourth-order valence-corrected chi connectivity index (χ4v) is 6.09. The SMILES string of the molecule is CC(=O)OC1CC[C@@H]2C(C)(C)CCC[C@@]2(C)c2c1oc1c(C)c(O)c(O)cc21. The van der Waals surface area contributed by atoms with E-state index < -0.39 is 6.10 Å². The largest absolute Gasteiger partial charge is 0.504 e. The summed E-state index contributed by atoms with van der Waals surface area (Å²) in [6.45, 7) is 10.1. The molecule has 4 rings (SSSR count). The van der Waals surface area contributed by atoms with Crippen LogP contribution in [-0.2, 0) is 14.9 Å². The minimum Gasteiger partial charge on any atom is -0.504 e. The summed E-state index contributed by atoms with van der Waals surface area (Å²) >= 11 is 0. The van der Waals surface area contributed by atoms with Gasteiger partial charge in [-0.3, -0.25) is 4.79 Å². The lowest BCUT2D eigenvalue weighted by Crippen LogP contribution is -2.44. The smallest absolute Gasteiger partial charge is 0.303 e. The van der Waals surface area contributed by atoms with Gasteiger partial charge in [-0.15, -0.1) is 0 Å². The summed E-state index contributed by atoms with van der Waals surface area (Å²) in [4.78, 5) is 11.8. The van der Waals surface area contributed by atoms with E-state index in [2.05, 4.69) is 20.8 Å². The topological polar surface area (TPSA) is 79.9 Å². The number of hydrogen-bond donors (Lipinski definition) is 2. The van der Waals surface area contributed by atoms with Crippen molar-refractivity contribution in [1.82, 2.24) is 0 Å². The van der Waals surface area contributed by atoms with E-state index in [1.807, 2.05) is 0 Å². The Labute approximate surface area is 165 Å². The summed E-state index contributed by atoms with van der Waals surface area (Å²) in [6.07, 6.45) is 4.54. The van der Waals surface area contributed by atoms with Crippen LogP contribution in [0, 0.1) is 18.3 Å². The first-order valence-electron chi connectivity index (χ1n) is 10.2. The highest BCUT2D eigenvalue weighted by Crippen LogP contribution is 2.60. The minimum atomic E-state index is -0.443. The van der Waals surface area contributed by atoms with Gasteiger partial charge in [-0.25, -0.2) is 0 Å². The molecule has 1 saturated carbocycles. The summed E-state index contributed by atoms with van der Waals surface area (Å²) < 4.78 is 12.0. The standard InChI is InChI=1S/C23H30O5/c1-12-19(26)15(25)11-14-18-21(28-20(12)14)16(27-13(2)24)7-8-17-22(3,4)9-6-10-23(17,18)5/h11,16-17,25-26H,6-10H2,1-5H3/t16?,17-,23-/m1/s1. The molecule has 5 nitrogen and oxygen atoms in total. The zero-order valence-corrected chi connectivity index (χ0v) is 17.4. The van der Waals surface area contributed by atoms with E-state index in [0.717, 1.165) is 30.2 Å². The van der Waals surface area contributed by atoms with Gasteiger partial charge >= 0.3 is 5.97 Å². The Hall–Kier alpha value is -2.17. The monoisotopic (exact) mass is 386 g/mol. The lowest BCUT2D eigenvalue weighted by Gasteiger charge is -2.50. The molecule has 0 bridgehead atoms. The number of furan rings is 1. The van der Waals surface area contributed by atoms with Gasteiger partial charge in [0.25, 0.3) is 0 Å². The molecule has 2 aromatic rings. The van der Waals surface area contributed by atoms with Crippen molar-refractivity contribution >= 4 is 16.9 Å². The third kappa shape index (κ3) is 2.62. The number of esters is 1. The van der Waals surface area contributed by atoms with E-state index in [4.69, 9.17) is 9.15 Å². The summed E-state index contributed by atoms with van der Waals surface area (Å²) in [5.41, 5.74) is 2.14. The highest BCUT2D eigenvalue weighted by atomic mass is 16.6. The van der Waals surface area contributed by atoms with Gasteiger partial charge in [-0.05, 0) is 50.0 Å². The molecular formula is C23H30O5. The summed E-state index contributed by atoms with van der Waals surface area (Å²) in [7, 11) is 0. The summed E-state index contributed by atoms with van der Waals surface area (Å²) in [5, 5.41) is 21.3. The van der Waals surface area contributed by atoms with Crippen molar-refractivity contribution in [3.63, 3.8) is 0 Å². The van der Waals surface area contributed by atoms with Crippen molar-refractivity contribution in [1.29, 1.82) is 0 Å². The molecule has 1 unspecified atom stereocenters. The van der Waals surface area contributed by atoms with Crippen molar-refractivity contribution in [3.8, 4) is 11.5 Å². The van der Waals surface area contributed by atoms with E-state index in [1.54, 1.807) is 13.0 Å². The summed E-state index contributed by atoms with van der Waals surface area (Å²) in [6, 6.07) is 1.61. The van der Waals surface area contributed by atoms with Gasteiger partial charge in [-0.2, -0.15) is 0 Å².